The van der Waals surface area contributed by atoms with Crippen LogP contribution in [0.2, 0.25) is 0 Å². The Labute approximate surface area is 162 Å². The maximum atomic E-state index is 11.7. The van der Waals surface area contributed by atoms with Crippen LogP contribution in [0, 0.1) is 0 Å². The first-order chi connectivity index (χ1) is 12.8. The van der Waals surface area contributed by atoms with Gasteiger partial charge in [0.15, 0.2) is 13.2 Å². The van der Waals surface area contributed by atoms with Gasteiger partial charge < -0.3 is 14.8 Å². The third-order valence-corrected chi connectivity index (χ3v) is 4.59. The molecule has 0 atom stereocenters. The summed E-state index contributed by atoms with van der Waals surface area (Å²) in [6.07, 6.45) is 7.89. The van der Waals surface area contributed by atoms with E-state index in [0.29, 0.717) is 12.3 Å². The second kappa shape index (κ2) is 10.1. The maximum absolute atomic E-state index is 11.7. The second-order valence-electron chi connectivity index (χ2n) is 7.93. The molecular formula is C22H31NO4. The van der Waals surface area contributed by atoms with Crippen LogP contribution in [0.3, 0.4) is 0 Å². The molecule has 0 spiro atoms. The van der Waals surface area contributed by atoms with Crippen molar-refractivity contribution >= 4 is 11.9 Å². The van der Waals surface area contributed by atoms with Gasteiger partial charge >= 0.3 is 5.97 Å². The number of esters is 1. The molecule has 0 unspecified atom stereocenters. The molecule has 5 heteroatoms. The van der Waals surface area contributed by atoms with E-state index in [1.54, 1.807) is 0 Å². The van der Waals surface area contributed by atoms with Gasteiger partial charge in [-0.05, 0) is 55.2 Å². The van der Waals surface area contributed by atoms with Crippen molar-refractivity contribution in [2.24, 2.45) is 0 Å². The van der Waals surface area contributed by atoms with Crippen molar-refractivity contribution in [1.82, 2.24) is 5.32 Å². The van der Waals surface area contributed by atoms with Crippen LogP contribution in [-0.2, 0) is 19.7 Å². The van der Waals surface area contributed by atoms with E-state index in [9.17, 15) is 9.59 Å². The molecule has 1 amide bonds. The zero-order valence-corrected chi connectivity index (χ0v) is 16.7. The molecule has 0 aliphatic heterocycles. The lowest BCUT2D eigenvalue weighted by Gasteiger charge is -2.19. The van der Waals surface area contributed by atoms with Crippen LogP contribution < -0.4 is 10.1 Å². The Morgan fingerprint density at radius 3 is 2.44 bits per heavy atom. The molecule has 0 radical (unpaired) electrons. The number of carbonyl (C=O) groups excluding carboxylic acids is 2. The molecule has 1 aliphatic rings. The smallest absolute Gasteiger partial charge is 0.344 e. The van der Waals surface area contributed by atoms with Gasteiger partial charge in [-0.1, -0.05) is 44.6 Å². The van der Waals surface area contributed by atoms with E-state index >= 15 is 0 Å². The number of carbonyl (C=O) groups is 2. The fourth-order valence-electron chi connectivity index (χ4n) is 2.93. The van der Waals surface area contributed by atoms with E-state index in [-0.39, 0.29) is 24.5 Å². The van der Waals surface area contributed by atoms with Crippen molar-refractivity contribution in [3.63, 3.8) is 0 Å². The van der Waals surface area contributed by atoms with Crippen molar-refractivity contribution in [3.8, 4) is 5.75 Å². The Balaban J connectivity index is 1.61. The Morgan fingerprint density at radius 2 is 1.81 bits per heavy atom. The molecule has 0 saturated heterocycles. The van der Waals surface area contributed by atoms with Gasteiger partial charge in [0.05, 0.1) is 0 Å². The summed E-state index contributed by atoms with van der Waals surface area (Å²) in [6.45, 7) is 6.50. The minimum Gasteiger partial charge on any atom is -0.482 e. The summed E-state index contributed by atoms with van der Waals surface area (Å²) in [5, 5.41) is 2.78. The molecule has 1 N–H and O–H groups in total. The average Bonchev–Trinajstić information content (AvgIpc) is 2.65. The van der Waals surface area contributed by atoms with Crippen molar-refractivity contribution < 1.29 is 19.1 Å². The van der Waals surface area contributed by atoms with E-state index < -0.39 is 5.97 Å². The van der Waals surface area contributed by atoms with Gasteiger partial charge in [0, 0.05) is 6.54 Å². The lowest BCUT2D eigenvalue weighted by Crippen LogP contribution is -2.30. The van der Waals surface area contributed by atoms with E-state index in [1.807, 2.05) is 24.3 Å². The molecule has 1 aromatic rings. The van der Waals surface area contributed by atoms with Crippen molar-refractivity contribution in [2.45, 2.75) is 58.3 Å². The first-order valence-corrected chi connectivity index (χ1v) is 9.68. The Kier molecular flexibility index (Phi) is 7.89. The average molecular weight is 373 g/mol. The van der Waals surface area contributed by atoms with Crippen molar-refractivity contribution in [1.29, 1.82) is 0 Å². The fourth-order valence-corrected chi connectivity index (χ4v) is 2.93. The van der Waals surface area contributed by atoms with E-state index in [4.69, 9.17) is 9.47 Å². The molecule has 0 aromatic heterocycles. The molecule has 1 aliphatic carbocycles. The summed E-state index contributed by atoms with van der Waals surface area (Å²) in [5.74, 6) is -0.237. The lowest BCUT2D eigenvalue weighted by atomic mass is 9.87. The molecule has 0 fully saturated rings. The molecule has 0 saturated carbocycles. The third kappa shape index (κ3) is 7.85. The van der Waals surface area contributed by atoms with Gasteiger partial charge in [0.2, 0.25) is 0 Å². The van der Waals surface area contributed by atoms with Gasteiger partial charge in [-0.15, -0.1) is 0 Å². The second-order valence-corrected chi connectivity index (χ2v) is 7.93. The minimum absolute atomic E-state index is 0.0678. The van der Waals surface area contributed by atoms with Gasteiger partial charge in [0.25, 0.3) is 5.91 Å². The van der Waals surface area contributed by atoms with Crippen LogP contribution in [0.5, 0.6) is 5.75 Å². The van der Waals surface area contributed by atoms with Gasteiger partial charge in [0.1, 0.15) is 5.75 Å². The summed E-state index contributed by atoms with van der Waals surface area (Å²) in [6, 6.07) is 7.63. The molecular weight excluding hydrogens is 342 g/mol. The topological polar surface area (TPSA) is 64.6 Å². The normalized spacial score (nSPS) is 14.3. The summed E-state index contributed by atoms with van der Waals surface area (Å²) in [4.78, 5) is 23.5. The number of benzene rings is 1. The van der Waals surface area contributed by atoms with Crippen molar-refractivity contribution in [3.05, 3.63) is 41.5 Å². The van der Waals surface area contributed by atoms with Crippen LogP contribution in [0.1, 0.15) is 58.4 Å². The van der Waals surface area contributed by atoms with Crippen LogP contribution in [0.25, 0.3) is 0 Å². The van der Waals surface area contributed by atoms with E-state index in [0.717, 1.165) is 19.3 Å². The zero-order chi connectivity index (χ0) is 19.7. The highest BCUT2D eigenvalue weighted by Crippen LogP contribution is 2.24. The zero-order valence-electron chi connectivity index (χ0n) is 16.7. The Hall–Kier alpha value is -2.30. The SMILES string of the molecule is CC(C)(C)c1ccc(OCC(=O)OCC(=O)NCCC2=CCCCC2)cc1. The highest BCUT2D eigenvalue weighted by atomic mass is 16.6. The quantitative estimate of drug-likeness (QED) is 0.554. The molecule has 0 heterocycles. The molecule has 5 nitrogen and oxygen atoms in total. The molecule has 2 rings (SSSR count). The predicted octanol–water partition coefficient (Wildman–Crippen LogP) is 3.91. The van der Waals surface area contributed by atoms with Crippen LogP contribution in [-0.4, -0.2) is 31.6 Å². The largest absolute Gasteiger partial charge is 0.482 e. The van der Waals surface area contributed by atoms with Crippen LogP contribution >= 0.6 is 0 Å². The summed E-state index contributed by atoms with van der Waals surface area (Å²) in [5.41, 5.74) is 2.67. The van der Waals surface area contributed by atoms with Crippen LogP contribution in [0.4, 0.5) is 0 Å². The standard InChI is InChI=1S/C22H31NO4/c1-22(2,3)18-9-11-19(12-10-18)26-16-21(25)27-15-20(24)23-14-13-17-7-5-4-6-8-17/h7,9-12H,4-6,8,13-16H2,1-3H3,(H,23,24). The summed E-state index contributed by atoms with van der Waals surface area (Å²) < 4.78 is 10.4. The number of hydrogen-bond acceptors (Lipinski definition) is 4. The summed E-state index contributed by atoms with van der Waals surface area (Å²) >= 11 is 0. The highest BCUT2D eigenvalue weighted by Gasteiger charge is 2.13. The molecule has 148 valence electrons. The molecule has 0 bridgehead atoms. The Bertz CT molecular complexity index is 656. The third-order valence-electron chi connectivity index (χ3n) is 4.59. The van der Waals surface area contributed by atoms with Gasteiger partial charge in [-0.3, -0.25) is 4.79 Å². The fraction of sp³-hybridized carbons (Fsp3) is 0.545. The highest BCUT2D eigenvalue weighted by molar-refractivity contribution is 5.80. The predicted molar refractivity (Wildman–Crippen MR) is 106 cm³/mol. The first kappa shape index (κ1) is 21.0. The maximum Gasteiger partial charge on any atom is 0.344 e. The number of hydrogen-bond donors (Lipinski definition) is 1. The van der Waals surface area contributed by atoms with E-state index in [2.05, 4.69) is 32.2 Å². The molecule has 27 heavy (non-hydrogen) atoms. The summed E-state index contributed by atoms with van der Waals surface area (Å²) in [7, 11) is 0. The van der Waals surface area contributed by atoms with E-state index in [1.165, 1.54) is 24.0 Å². The van der Waals surface area contributed by atoms with Gasteiger partial charge in [-0.2, -0.15) is 0 Å². The monoisotopic (exact) mass is 373 g/mol. The van der Waals surface area contributed by atoms with Crippen molar-refractivity contribution in [2.75, 3.05) is 19.8 Å². The number of amides is 1. The minimum atomic E-state index is -0.556. The first-order valence-electron chi connectivity index (χ1n) is 9.68. The number of nitrogens with one attached hydrogen (secondary N) is 1. The Morgan fingerprint density at radius 1 is 1.07 bits per heavy atom. The van der Waals surface area contributed by atoms with Crippen LogP contribution in [0.15, 0.2) is 35.9 Å². The molecule has 1 aromatic carbocycles. The number of rotatable bonds is 8. The van der Waals surface area contributed by atoms with Gasteiger partial charge in [-0.25, -0.2) is 4.79 Å². The lowest BCUT2D eigenvalue weighted by molar-refractivity contribution is -0.150. The number of allylic oxidation sites excluding steroid dienone is 1. The number of ether oxygens (including phenoxy) is 2.